The van der Waals surface area contributed by atoms with E-state index in [2.05, 4.69) is 10.8 Å². The number of carbonyl (C=O) groups is 1. The minimum absolute atomic E-state index is 0.176. The zero-order valence-corrected chi connectivity index (χ0v) is 7.56. The first-order valence-electron chi connectivity index (χ1n) is 2.53. The van der Waals surface area contributed by atoms with Gasteiger partial charge in [0.15, 0.2) is 0 Å². The van der Waals surface area contributed by atoms with Crippen molar-refractivity contribution < 1.29 is 9.90 Å². The average Bonchev–Trinajstić information content (AvgIpc) is 1.72. The third-order valence-corrected chi connectivity index (χ3v) is 0.365. The molecular formula is C5H9NaO2. The fourth-order valence-electron chi connectivity index (χ4n) is 0. The van der Waals surface area contributed by atoms with Crippen LogP contribution in [0.25, 0.3) is 0 Å². The number of rotatable bonds is 1. The van der Waals surface area contributed by atoms with Gasteiger partial charge in [0.25, 0.3) is 0 Å². The second kappa shape index (κ2) is 7.21. The van der Waals surface area contributed by atoms with Gasteiger partial charge in [-0.3, -0.25) is 0 Å². The zero-order valence-electron chi connectivity index (χ0n) is 5.56. The number of hydrogen-bond donors (Lipinski definition) is 1. The molecule has 0 saturated carbocycles. The van der Waals surface area contributed by atoms with E-state index in [1.165, 1.54) is 34.9 Å². The van der Waals surface area contributed by atoms with E-state index in [9.17, 15) is 4.79 Å². The first-order valence-corrected chi connectivity index (χ1v) is 4.53. The van der Waals surface area contributed by atoms with Gasteiger partial charge >= 0.3 is 38.1 Å². The molecule has 0 saturated heterocycles. The molecule has 0 aromatic rings. The third kappa shape index (κ3) is 9.51. The van der Waals surface area contributed by atoms with Crippen molar-refractivity contribution in [2.45, 2.75) is 11.1 Å². The molecule has 0 aliphatic rings. The monoisotopic (exact) mass is 124 g/mol. The van der Waals surface area contributed by atoms with Gasteiger partial charge in [0, 0.05) is 5.57 Å². The van der Waals surface area contributed by atoms with Crippen LogP contribution in [0.1, 0.15) is 6.92 Å². The Morgan fingerprint density at radius 3 is 1.75 bits per heavy atom. The molecule has 0 aromatic carbocycles. The maximum absolute atomic E-state index is 9.60. The van der Waals surface area contributed by atoms with Gasteiger partial charge in [0.05, 0.1) is 0 Å². The van der Waals surface area contributed by atoms with Crippen molar-refractivity contribution in [3.63, 3.8) is 0 Å². The molecule has 0 aliphatic heterocycles. The summed E-state index contributed by atoms with van der Waals surface area (Å²) in [5.74, 6) is -0.935. The van der Waals surface area contributed by atoms with Crippen molar-refractivity contribution in [1.29, 1.82) is 0 Å². The van der Waals surface area contributed by atoms with Crippen LogP contribution in [-0.2, 0) is 4.79 Å². The molecule has 0 heterocycles. The van der Waals surface area contributed by atoms with E-state index < -0.39 is 5.97 Å². The molecule has 0 bridgehead atoms. The fourth-order valence-corrected chi connectivity index (χ4v) is 0. The van der Waals surface area contributed by atoms with Crippen LogP contribution >= 0.6 is 0 Å². The standard InChI is InChI=1S/C4H6O2.CH3.Na/c1-3(2)4(5)6;;/h1H2,2H3,(H,5,6);1H3;. The molecule has 0 aliphatic carbocycles. The van der Waals surface area contributed by atoms with Crippen LogP contribution in [0.3, 0.4) is 0 Å². The van der Waals surface area contributed by atoms with Crippen molar-refractivity contribution in [2.75, 3.05) is 0 Å². The molecular weight excluding hydrogens is 115 g/mol. The molecule has 2 nitrogen and oxygen atoms in total. The third-order valence-electron chi connectivity index (χ3n) is 0.365. The van der Waals surface area contributed by atoms with Crippen molar-refractivity contribution in [2.24, 2.45) is 0 Å². The van der Waals surface area contributed by atoms with Crippen LogP contribution in [0, 0.1) is 0 Å². The zero-order chi connectivity index (χ0) is 7.15. The summed E-state index contributed by atoms with van der Waals surface area (Å²) in [6.07, 6.45) is 0. The molecule has 0 unspecified atom stereocenters. The molecule has 0 spiro atoms. The van der Waals surface area contributed by atoms with Gasteiger partial charge in [0.2, 0.25) is 0 Å². The Hall–Kier alpha value is 0.210. The predicted molar refractivity (Wildman–Crippen MR) is 34.1 cm³/mol. The molecule has 0 fully saturated rings. The van der Waals surface area contributed by atoms with Gasteiger partial charge in [-0.1, -0.05) is 6.58 Å². The molecule has 3 heteroatoms. The first kappa shape index (κ1) is 11.1. The van der Waals surface area contributed by atoms with Crippen LogP contribution < -0.4 is 0 Å². The summed E-state index contributed by atoms with van der Waals surface area (Å²) in [6.45, 7) is 4.60. The van der Waals surface area contributed by atoms with E-state index in [-0.39, 0.29) is 5.57 Å². The van der Waals surface area contributed by atoms with Gasteiger partial charge in [-0.15, -0.1) is 0 Å². The van der Waals surface area contributed by atoms with E-state index in [0.717, 1.165) is 0 Å². The van der Waals surface area contributed by atoms with Crippen LogP contribution in [0.2, 0.25) is 4.17 Å². The van der Waals surface area contributed by atoms with Gasteiger partial charge in [-0.2, -0.15) is 0 Å². The Balaban J connectivity index is 0. The van der Waals surface area contributed by atoms with Crippen LogP contribution in [0.5, 0.6) is 0 Å². The maximum atomic E-state index is 9.60. The Kier molecular flexibility index (Phi) is 9.97. The van der Waals surface area contributed by atoms with Crippen molar-refractivity contribution >= 4 is 33.9 Å². The van der Waals surface area contributed by atoms with Crippen molar-refractivity contribution in [1.82, 2.24) is 0 Å². The molecule has 8 heavy (non-hydrogen) atoms. The molecule has 1 N–H and O–H groups in total. The van der Waals surface area contributed by atoms with Gasteiger partial charge in [-0.05, 0) is 6.92 Å². The average molecular weight is 124 g/mol. The van der Waals surface area contributed by atoms with Gasteiger partial charge in [0.1, 0.15) is 0 Å². The number of hydrogen-bond acceptors (Lipinski definition) is 1. The predicted octanol–water partition coefficient (Wildman–Crippen LogP) is 0.850. The summed E-state index contributed by atoms with van der Waals surface area (Å²) in [6, 6.07) is 0. The fraction of sp³-hybridized carbons (Fsp3) is 0.400. The summed E-state index contributed by atoms with van der Waals surface area (Å²) in [4.78, 5) is 9.60. The molecule has 0 atom stereocenters. The van der Waals surface area contributed by atoms with Crippen LogP contribution in [0.4, 0.5) is 0 Å². The van der Waals surface area contributed by atoms with Crippen LogP contribution in [0.15, 0.2) is 12.2 Å². The number of aliphatic carboxylic acids is 1. The number of carboxylic acids is 1. The Morgan fingerprint density at radius 1 is 1.62 bits per heavy atom. The normalized spacial score (nSPS) is 6.50. The van der Waals surface area contributed by atoms with E-state index in [0.29, 0.717) is 0 Å². The Bertz CT molecular complexity index is 76.4. The summed E-state index contributed by atoms with van der Waals surface area (Å²) >= 11 is 1.31. The number of carboxylic acid groups (broad SMARTS) is 1. The van der Waals surface area contributed by atoms with E-state index in [1.54, 1.807) is 0 Å². The Morgan fingerprint density at radius 2 is 1.75 bits per heavy atom. The van der Waals surface area contributed by atoms with Gasteiger partial charge < -0.3 is 5.11 Å². The second-order valence-corrected chi connectivity index (χ2v) is 1.09. The van der Waals surface area contributed by atoms with Gasteiger partial charge in [-0.25, -0.2) is 4.79 Å². The van der Waals surface area contributed by atoms with Crippen molar-refractivity contribution in [3.8, 4) is 0 Å². The second-order valence-electron chi connectivity index (χ2n) is 1.09. The summed E-state index contributed by atoms with van der Waals surface area (Å²) < 4.78 is 2.14. The molecule has 0 rings (SSSR count). The molecule has 42 valence electrons. The minimum atomic E-state index is -0.935. The van der Waals surface area contributed by atoms with Crippen LogP contribution in [-0.4, -0.2) is 39.0 Å². The summed E-state index contributed by atoms with van der Waals surface area (Å²) in [5, 5.41) is 7.89. The molecule has 0 aromatic heterocycles. The summed E-state index contributed by atoms with van der Waals surface area (Å²) in [7, 11) is 0. The van der Waals surface area contributed by atoms with Crippen molar-refractivity contribution in [3.05, 3.63) is 12.2 Å². The first-order chi connectivity index (χ1) is 3.64. The summed E-state index contributed by atoms with van der Waals surface area (Å²) in [5.41, 5.74) is 0.176. The SMILES string of the molecule is C=C(C)C(=O)O.[CH3][Na]. The van der Waals surface area contributed by atoms with E-state index in [4.69, 9.17) is 5.11 Å². The quantitative estimate of drug-likeness (QED) is 0.415. The molecule has 0 radical (unpaired) electrons. The molecule has 0 amide bonds. The topological polar surface area (TPSA) is 37.3 Å². The van der Waals surface area contributed by atoms with E-state index in [1.807, 2.05) is 0 Å². The van der Waals surface area contributed by atoms with E-state index >= 15 is 0 Å². The Labute approximate surface area is 67.0 Å².